The Balaban J connectivity index is 0.000000101. The van der Waals surface area contributed by atoms with Gasteiger partial charge in [0, 0.05) is 27.1 Å². The Bertz CT molecular complexity index is 7640. The zero-order valence-electron chi connectivity index (χ0n) is 81.6. The molecule has 0 aliphatic heterocycles. The highest BCUT2D eigenvalue weighted by atomic mass is 14.5. The van der Waals surface area contributed by atoms with E-state index in [1.165, 1.54) is 234 Å². The van der Waals surface area contributed by atoms with Gasteiger partial charge in [0.25, 0.3) is 0 Å². The zero-order chi connectivity index (χ0) is 94.2. The molecule has 19 aromatic carbocycles. The highest BCUT2D eigenvalue weighted by molar-refractivity contribution is 5.95. The topological polar surface area (TPSA) is 0 Å². The van der Waals surface area contributed by atoms with Crippen molar-refractivity contribution < 1.29 is 0 Å². The quantitative estimate of drug-likeness (QED) is 0.149. The van der Waals surface area contributed by atoms with Gasteiger partial charge in [-0.15, -0.1) is 0 Å². The fourth-order valence-corrected chi connectivity index (χ4v) is 23.8. The third-order valence-electron chi connectivity index (χ3n) is 30.6. The molecule has 6 aliphatic rings. The number of hydrogen-bond donors (Lipinski definition) is 0. The van der Waals surface area contributed by atoms with E-state index in [9.17, 15) is 0 Å². The van der Waals surface area contributed by atoms with Crippen LogP contribution in [0.15, 0.2) is 437 Å². The molecule has 0 heteroatoms. The summed E-state index contributed by atoms with van der Waals surface area (Å²) in [5.41, 5.74) is 58.0. The first kappa shape index (κ1) is 89.1. The number of hydrogen-bond acceptors (Lipinski definition) is 0. The van der Waals surface area contributed by atoms with Crippen molar-refractivity contribution >= 4 is 0 Å². The maximum Gasteiger partial charge on any atom is 0.0713 e. The van der Waals surface area contributed by atoms with Crippen LogP contribution in [-0.4, -0.2) is 0 Å². The molecule has 0 nitrogen and oxygen atoms in total. The first-order valence-electron chi connectivity index (χ1n) is 48.6. The fraction of sp³-hybridized carbons (Fsp3) is 0.162. The summed E-state index contributed by atoms with van der Waals surface area (Å²) in [4.78, 5) is 0. The van der Waals surface area contributed by atoms with Crippen LogP contribution in [0.3, 0.4) is 0 Å². The monoisotopic (exact) mass is 1750 g/mol. The van der Waals surface area contributed by atoms with Gasteiger partial charge in [0.05, 0.1) is 5.41 Å². The van der Waals surface area contributed by atoms with Crippen LogP contribution in [0.5, 0.6) is 0 Å². The van der Waals surface area contributed by atoms with Crippen molar-refractivity contribution in [1.82, 2.24) is 0 Å². The molecular weight excluding hydrogens is 1630 g/mol. The minimum Gasteiger partial charge on any atom is -0.0622 e. The number of benzene rings is 19. The van der Waals surface area contributed by atoms with Gasteiger partial charge in [-0.2, -0.15) is 0 Å². The van der Waals surface area contributed by atoms with Crippen LogP contribution in [0.2, 0.25) is 0 Å². The molecule has 0 radical (unpaired) electrons. The Morgan fingerprint density at radius 2 is 0.493 bits per heavy atom. The van der Waals surface area contributed by atoms with Crippen molar-refractivity contribution in [2.75, 3.05) is 0 Å². The van der Waals surface area contributed by atoms with Gasteiger partial charge in [-0.1, -0.05) is 499 Å². The van der Waals surface area contributed by atoms with E-state index in [4.69, 9.17) is 0 Å². The SMILES string of the molecule is Cc1c(-c2ccccc2)ccc2c1-c1ccccc1C2(C)C.Cc1cc(-c2ccccc2)cc2c1C(C)(C)c1ccccc1-2.Cc1cc2c(cc1-c1ccccc1)-c1ccccc1C2(C)C.Cc1ccc2c(c1)C(C)(C)c1cccc(-c3ccccc3)c1-2.Cc1ccc2c(c1)C(c1ccccc1)(c1ccccc1)c1ccccc1-2.Cc1cccc2c1-c1ccc(-c3ccccc3)cc1C2(C)C. The van der Waals surface area contributed by atoms with Crippen LogP contribution in [0.4, 0.5) is 0 Å². The standard InChI is InChI=1S/C26H20.5C22H20/c1-19-16-17-23-22-14-8-9-15-24(22)26(25(23)18-19,20-10-4-2-5-11-20)21-12-6-3-7-13-21;1-15-8-7-11-19-21(15)18-13-12-17(14-20(18)22(19,2)3)16-9-5-4-6-10-16;1-15-13-17(16-9-5-4-6-10-16)14-19-18-11-7-8-12-20(18)22(2,3)21(15)19;1-15-13-21-19(14-18(15)16-9-5-4-6-10-16)17-11-7-8-12-20(17)22(21,2)3;1-15-17(16-9-5-4-6-10-16)13-14-20-21(15)18-11-7-8-12-19(18)22(20,2)3;1-15-12-13-18-20(14-15)22(2,3)19-11-7-10-17(21(18)19)16-8-5-4-6-9-16/h2-18H,1H3;5*4-14H,1-3H3. The van der Waals surface area contributed by atoms with Crippen molar-refractivity contribution in [1.29, 1.82) is 0 Å². The predicted molar refractivity (Wildman–Crippen MR) is 579 cm³/mol. The van der Waals surface area contributed by atoms with E-state index in [-0.39, 0.29) is 32.5 Å². The second-order valence-corrected chi connectivity index (χ2v) is 40.8. The summed E-state index contributed by atoms with van der Waals surface area (Å²) < 4.78 is 0. The lowest BCUT2D eigenvalue weighted by atomic mass is 9.67. The molecule has 25 rings (SSSR count). The molecule has 0 bridgehead atoms. The molecule has 0 spiro atoms. The van der Waals surface area contributed by atoms with Crippen molar-refractivity contribution in [3.05, 3.63) is 548 Å². The third-order valence-corrected chi connectivity index (χ3v) is 30.6. The van der Waals surface area contributed by atoms with Gasteiger partial charge in [0.15, 0.2) is 0 Å². The smallest absolute Gasteiger partial charge is 0.0622 e. The van der Waals surface area contributed by atoms with Crippen LogP contribution >= 0.6 is 0 Å². The summed E-state index contributed by atoms with van der Waals surface area (Å²) in [7, 11) is 0. The van der Waals surface area contributed by atoms with Crippen molar-refractivity contribution in [3.8, 4) is 122 Å². The Kier molecular flexibility index (Phi) is 23.3. The summed E-state index contributed by atoms with van der Waals surface area (Å²) in [6, 6.07) is 159. The Morgan fingerprint density at radius 3 is 1.05 bits per heavy atom. The summed E-state index contributed by atoms with van der Waals surface area (Å²) in [5.74, 6) is 0. The van der Waals surface area contributed by atoms with E-state index in [1.54, 1.807) is 0 Å². The van der Waals surface area contributed by atoms with Gasteiger partial charge < -0.3 is 0 Å². The Hall–Kier alpha value is -14.8. The molecule has 6 aliphatic carbocycles. The van der Waals surface area contributed by atoms with Crippen molar-refractivity contribution in [3.63, 3.8) is 0 Å². The maximum atomic E-state index is 2.39. The highest BCUT2D eigenvalue weighted by Gasteiger charge is 2.47. The number of rotatable bonds is 7. The van der Waals surface area contributed by atoms with Gasteiger partial charge >= 0.3 is 0 Å². The molecule has 19 aromatic rings. The normalized spacial score (nSPS) is 14.4. The molecule has 136 heavy (non-hydrogen) atoms. The van der Waals surface area contributed by atoms with Crippen LogP contribution < -0.4 is 0 Å². The molecule has 664 valence electrons. The van der Waals surface area contributed by atoms with E-state index in [0.717, 1.165) is 0 Å². The molecule has 0 unspecified atom stereocenters. The molecule has 0 amide bonds. The lowest BCUT2D eigenvalue weighted by Gasteiger charge is -2.34. The second-order valence-electron chi connectivity index (χ2n) is 40.8. The molecule has 0 aromatic heterocycles. The molecule has 0 saturated carbocycles. The van der Waals surface area contributed by atoms with E-state index in [1.807, 2.05) is 0 Å². The Labute approximate surface area is 807 Å². The van der Waals surface area contributed by atoms with Gasteiger partial charge in [0.2, 0.25) is 0 Å². The minimum absolute atomic E-state index is 0.0709. The van der Waals surface area contributed by atoms with Crippen LogP contribution in [0, 0.1) is 41.5 Å². The molecule has 0 saturated heterocycles. The number of aryl methyl sites for hydroxylation is 5. The summed E-state index contributed by atoms with van der Waals surface area (Å²) in [5, 5.41) is 0. The van der Waals surface area contributed by atoms with Gasteiger partial charge in [0.1, 0.15) is 0 Å². The van der Waals surface area contributed by atoms with Crippen molar-refractivity contribution in [2.24, 2.45) is 0 Å². The fourth-order valence-electron chi connectivity index (χ4n) is 23.8. The summed E-state index contributed by atoms with van der Waals surface area (Å²) >= 11 is 0. The van der Waals surface area contributed by atoms with Crippen LogP contribution in [-0.2, 0) is 32.5 Å². The average Bonchev–Trinajstić information content (AvgIpc) is 1.53. The lowest BCUT2D eigenvalue weighted by Crippen LogP contribution is -2.28. The molecule has 0 heterocycles. The molecular formula is C136H120. The van der Waals surface area contributed by atoms with E-state index >= 15 is 0 Å². The van der Waals surface area contributed by atoms with Crippen LogP contribution in [0.25, 0.3) is 122 Å². The number of fused-ring (bicyclic) bond motifs is 18. The first-order valence-corrected chi connectivity index (χ1v) is 48.6. The molecule has 0 N–H and O–H groups in total. The Morgan fingerprint density at radius 1 is 0.147 bits per heavy atom. The van der Waals surface area contributed by atoms with Crippen LogP contribution in [0.1, 0.15) is 181 Å². The first-order chi connectivity index (χ1) is 65.8. The average molecular weight is 1750 g/mol. The third kappa shape index (κ3) is 15.4. The largest absolute Gasteiger partial charge is 0.0713 e. The molecule has 0 fully saturated rings. The lowest BCUT2D eigenvalue weighted by molar-refractivity contribution is 0.655. The zero-order valence-corrected chi connectivity index (χ0v) is 81.6. The van der Waals surface area contributed by atoms with Crippen molar-refractivity contribution in [2.45, 2.75) is 143 Å². The highest BCUT2D eigenvalue weighted by Crippen LogP contribution is 2.60. The van der Waals surface area contributed by atoms with E-state index in [0.29, 0.717) is 0 Å². The predicted octanol–water partition coefficient (Wildman–Crippen LogP) is 36.2. The summed E-state index contributed by atoms with van der Waals surface area (Å²) in [6.45, 7) is 36.7. The minimum atomic E-state index is -0.263. The van der Waals surface area contributed by atoms with Gasteiger partial charge in [-0.05, 0) is 282 Å². The van der Waals surface area contributed by atoms with Gasteiger partial charge in [-0.3, -0.25) is 0 Å². The maximum absolute atomic E-state index is 2.39. The second kappa shape index (κ2) is 35.5. The van der Waals surface area contributed by atoms with Gasteiger partial charge in [-0.25, -0.2) is 0 Å². The van der Waals surface area contributed by atoms with E-state index < -0.39 is 0 Å². The molecule has 0 atom stereocenters. The summed E-state index contributed by atoms with van der Waals surface area (Å²) in [6.07, 6.45) is 0. The van der Waals surface area contributed by atoms with E-state index in [2.05, 4.69) is 548 Å².